The maximum absolute atomic E-state index is 12.7. The summed E-state index contributed by atoms with van der Waals surface area (Å²) in [6.45, 7) is 0. The van der Waals surface area contributed by atoms with E-state index in [0.717, 1.165) is 25.3 Å². The van der Waals surface area contributed by atoms with Crippen LogP contribution in [0.2, 0.25) is 5.02 Å². The molecule has 160 valence electrons. The van der Waals surface area contributed by atoms with Gasteiger partial charge in [-0.15, -0.1) is 0 Å². The van der Waals surface area contributed by atoms with Gasteiger partial charge in [0.2, 0.25) is 5.88 Å². The molecule has 0 fully saturated rings. The van der Waals surface area contributed by atoms with Crippen LogP contribution >= 0.6 is 23.6 Å². The molecule has 2 rings (SSSR count). The Bertz CT molecular complexity index is 988. The number of nitrogens with zero attached hydrogens (tertiary/aromatic N) is 2. The zero-order valence-corrected chi connectivity index (χ0v) is 16.3. The number of hydrogen-bond donors (Lipinski definition) is 0. The molecule has 0 saturated carbocycles. The van der Waals surface area contributed by atoms with Crippen LogP contribution < -0.4 is 4.74 Å². The van der Waals surface area contributed by atoms with Crippen LogP contribution in [-0.2, 0) is 19.9 Å². The second kappa shape index (κ2) is 9.63. The maximum atomic E-state index is 12.7. The third-order valence-electron chi connectivity index (χ3n) is 3.27. The summed E-state index contributed by atoms with van der Waals surface area (Å²) in [5, 5.41) is 10.7. The highest BCUT2D eigenvalue weighted by atomic mass is 35.5. The lowest BCUT2D eigenvalue weighted by Gasteiger charge is -2.11. The number of aromatic nitrogens is 1. The Morgan fingerprint density at radius 3 is 2.57 bits per heavy atom. The number of benzene rings is 1. The van der Waals surface area contributed by atoms with E-state index in [-0.39, 0.29) is 11.5 Å². The second-order valence-electron chi connectivity index (χ2n) is 5.26. The molecule has 1 aromatic carbocycles. The molecular weight excluding hydrogens is 457 g/mol. The molecule has 30 heavy (non-hydrogen) atoms. The predicted octanol–water partition coefficient (Wildman–Crippen LogP) is 4.43. The first kappa shape index (κ1) is 23.2. The topological polar surface area (TPSA) is 118 Å². The highest BCUT2D eigenvalue weighted by Crippen LogP contribution is 2.35. The number of carbonyl (C=O) groups excluding carboxylic acids is 2. The first-order chi connectivity index (χ1) is 14.0. The zero-order valence-electron chi connectivity index (χ0n) is 14.8. The van der Waals surface area contributed by atoms with Gasteiger partial charge in [0.25, 0.3) is 5.69 Å². The minimum atomic E-state index is -4.67. The highest BCUT2D eigenvalue weighted by molar-refractivity contribution is 7.95. The summed E-state index contributed by atoms with van der Waals surface area (Å²) >= 11 is 6.14. The van der Waals surface area contributed by atoms with Crippen molar-refractivity contribution in [3.63, 3.8) is 0 Å². The number of esters is 1. The minimum Gasteiger partial charge on any atom is -0.468 e. The average molecular weight is 467 g/mol. The summed E-state index contributed by atoms with van der Waals surface area (Å²) in [4.78, 5) is 36.9. The maximum Gasteiger partial charge on any atom is 0.417 e. The fourth-order valence-corrected chi connectivity index (χ4v) is 2.58. The monoisotopic (exact) mass is 466 g/mol. The van der Waals surface area contributed by atoms with Crippen molar-refractivity contribution >= 4 is 41.3 Å². The van der Waals surface area contributed by atoms with Crippen molar-refractivity contribution in [3.8, 4) is 11.6 Å². The molecule has 0 spiro atoms. The van der Waals surface area contributed by atoms with Crippen LogP contribution in [-0.4, -0.2) is 34.7 Å². The number of pyridine rings is 1. The first-order valence-electron chi connectivity index (χ1n) is 7.62. The lowest BCUT2D eigenvalue weighted by atomic mass is 10.1. The van der Waals surface area contributed by atoms with Crippen LogP contribution in [0, 0.1) is 10.1 Å². The van der Waals surface area contributed by atoms with Crippen molar-refractivity contribution in [2.45, 2.75) is 6.18 Å². The fourth-order valence-electron chi connectivity index (χ4n) is 1.90. The van der Waals surface area contributed by atoms with E-state index in [1.807, 2.05) is 0 Å². The molecule has 0 unspecified atom stereocenters. The third-order valence-corrected chi connectivity index (χ3v) is 4.17. The highest BCUT2D eigenvalue weighted by Gasteiger charge is 2.32. The molecule has 9 nitrogen and oxygen atoms in total. The van der Waals surface area contributed by atoms with Gasteiger partial charge in [0.05, 0.1) is 29.6 Å². The number of alkyl halides is 3. The normalized spacial score (nSPS) is 11.0. The molecule has 0 saturated heterocycles. The Morgan fingerprint density at radius 2 is 2.00 bits per heavy atom. The van der Waals surface area contributed by atoms with Crippen LogP contribution in [0.15, 0.2) is 30.5 Å². The van der Waals surface area contributed by atoms with Crippen molar-refractivity contribution < 1.29 is 41.3 Å². The zero-order chi connectivity index (χ0) is 22.5. The van der Waals surface area contributed by atoms with E-state index in [1.165, 1.54) is 0 Å². The van der Waals surface area contributed by atoms with Gasteiger partial charge in [-0.2, -0.15) is 13.2 Å². The number of rotatable bonds is 7. The molecule has 0 amide bonds. The van der Waals surface area contributed by atoms with Gasteiger partial charge in [0.15, 0.2) is 0 Å². The van der Waals surface area contributed by atoms with E-state index in [4.69, 9.17) is 20.5 Å². The minimum absolute atomic E-state index is 0.181. The van der Waals surface area contributed by atoms with E-state index in [0.29, 0.717) is 24.3 Å². The van der Waals surface area contributed by atoms with E-state index in [1.54, 1.807) is 0 Å². The molecule has 0 aliphatic heterocycles. The second-order valence-corrected chi connectivity index (χ2v) is 6.35. The molecule has 0 N–H and O–H groups in total. The molecule has 0 aliphatic rings. The number of hydrogen-bond acceptors (Lipinski definition) is 9. The van der Waals surface area contributed by atoms with Crippen molar-refractivity contribution in [3.05, 3.63) is 56.7 Å². The van der Waals surface area contributed by atoms with Gasteiger partial charge < -0.3 is 13.7 Å². The molecule has 2 aromatic rings. The van der Waals surface area contributed by atoms with E-state index >= 15 is 0 Å². The smallest absolute Gasteiger partial charge is 0.417 e. The molecule has 14 heteroatoms. The molecule has 0 atom stereocenters. The quantitative estimate of drug-likeness (QED) is 0.252. The molecule has 0 aliphatic carbocycles. The van der Waals surface area contributed by atoms with Gasteiger partial charge in [0.1, 0.15) is 22.1 Å². The van der Waals surface area contributed by atoms with Crippen LogP contribution in [0.4, 0.5) is 18.9 Å². The summed E-state index contributed by atoms with van der Waals surface area (Å²) < 4.78 is 52.4. The summed E-state index contributed by atoms with van der Waals surface area (Å²) in [5.41, 5.74) is -2.26. The number of nitro groups is 1. The Hall–Kier alpha value is -3.06. The largest absolute Gasteiger partial charge is 0.468 e. The lowest BCUT2D eigenvalue weighted by Crippen LogP contribution is -2.09. The standard InChI is InChI=1S/C16H10ClF3N2O7S/c1-27-13(23)7-30-29-15(24)10-5-9(2-3-12(10)22(25)26)28-14-11(17)4-8(6-21-14)16(18,19)20/h2-6H,7H2,1H3. The van der Waals surface area contributed by atoms with Gasteiger partial charge in [-0.1, -0.05) is 11.6 Å². The number of ether oxygens (including phenoxy) is 2. The molecular formula is C16H10ClF3N2O7S. The van der Waals surface area contributed by atoms with Gasteiger partial charge >= 0.3 is 18.1 Å². The molecule has 0 radical (unpaired) electrons. The summed E-state index contributed by atoms with van der Waals surface area (Å²) in [7, 11) is 1.12. The molecule has 1 aromatic heterocycles. The van der Waals surface area contributed by atoms with Gasteiger partial charge in [-0.05, 0) is 12.1 Å². The Morgan fingerprint density at radius 1 is 1.30 bits per heavy atom. The van der Waals surface area contributed by atoms with E-state index in [9.17, 15) is 32.9 Å². The fraction of sp³-hybridized carbons (Fsp3) is 0.188. The van der Waals surface area contributed by atoms with Gasteiger partial charge in [-0.25, -0.2) is 9.78 Å². The van der Waals surface area contributed by atoms with Crippen LogP contribution in [0.1, 0.15) is 15.9 Å². The Balaban J connectivity index is 2.26. The summed E-state index contributed by atoms with van der Waals surface area (Å²) in [5.74, 6) is -2.80. The first-order valence-corrected chi connectivity index (χ1v) is 8.91. The van der Waals surface area contributed by atoms with Crippen LogP contribution in [0.5, 0.6) is 11.6 Å². The third kappa shape index (κ3) is 5.97. The van der Waals surface area contributed by atoms with E-state index < -0.39 is 50.8 Å². The predicted molar refractivity (Wildman–Crippen MR) is 97.3 cm³/mol. The number of carbonyl (C=O) groups is 2. The van der Waals surface area contributed by atoms with Crippen LogP contribution in [0.3, 0.4) is 0 Å². The van der Waals surface area contributed by atoms with Crippen molar-refractivity contribution in [2.24, 2.45) is 0 Å². The van der Waals surface area contributed by atoms with Crippen LogP contribution in [0.25, 0.3) is 0 Å². The van der Waals surface area contributed by atoms with Gasteiger partial charge in [-0.3, -0.25) is 14.9 Å². The Labute approximate surface area is 175 Å². The lowest BCUT2D eigenvalue weighted by molar-refractivity contribution is -0.385. The molecule has 1 heterocycles. The summed E-state index contributed by atoms with van der Waals surface area (Å²) in [6, 6.07) is 3.53. The Kier molecular flexibility index (Phi) is 7.45. The number of methoxy groups -OCH3 is 1. The molecule has 0 bridgehead atoms. The average Bonchev–Trinajstić information content (AvgIpc) is 2.68. The van der Waals surface area contributed by atoms with Crippen molar-refractivity contribution in [2.75, 3.05) is 12.9 Å². The number of nitro benzene ring substituents is 1. The number of halogens is 4. The van der Waals surface area contributed by atoms with Crippen molar-refractivity contribution in [1.29, 1.82) is 0 Å². The summed E-state index contributed by atoms with van der Waals surface area (Å²) in [6.07, 6.45) is -4.17. The van der Waals surface area contributed by atoms with Crippen molar-refractivity contribution in [1.82, 2.24) is 4.98 Å². The van der Waals surface area contributed by atoms with E-state index in [2.05, 4.69) is 9.72 Å². The SMILES string of the molecule is COC(=O)CSOC(=O)c1cc(Oc2ncc(C(F)(F)F)cc2Cl)ccc1[N+](=O)[O-]. The van der Waals surface area contributed by atoms with Gasteiger partial charge in [0, 0.05) is 18.3 Å².